The number of benzene rings is 7. The van der Waals surface area contributed by atoms with E-state index < -0.39 is 0 Å². The maximum absolute atomic E-state index is 6.57. The highest BCUT2D eigenvalue weighted by Crippen LogP contribution is 2.43. The van der Waals surface area contributed by atoms with Gasteiger partial charge in [0.1, 0.15) is 11.2 Å². The molecule has 0 aliphatic rings. The van der Waals surface area contributed by atoms with Crippen LogP contribution in [0.4, 0.5) is 0 Å². The molecular weight excluding hydrogens is 605 g/mol. The third-order valence-corrected chi connectivity index (χ3v) is 10.5. The Kier molecular flexibility index (Phi) is 6.05. The maximum Gasteiger partial charge on any atom is 0.161 e. The Labute approximate surface area is 280 Å². The predicted octanol–water partition coefficient (Wildman–Crippen LogP) is 12.6. The molecule has 0 N–H and O–H groups in total. The lowest BCUT2D eigenvalue weighted by molar-refractivity contribution is 0.669. The van der Waals surface area contributed by atoms with E-state index in [1.807, 2.05) is 12.1 Å². The third-order valence-electron chi connectivity index (χ3n) is 9.30. The molecule has 0 atom stereocenters. The molecule has 0 saturated carbocycles. The molecule has 3 heterocycles. The number of hydrogen-bond donors (Lipinski definition) is 0. The Morgan fingerprint density at radius 1 is 0.458 bits per heavy atom. The van der Waals surface area contributed by atoms with Gasteiger partial charge >= 0.3 is 0 Å². The standard InChI is InChI=1S/C44H26N2OS/c1-2-12-28(13-3-1)32-15-6-7-16-33(32)30-23-24-34-38(26-30)47-37-19-10-18-36(40(34)37)44-45-41(31-22-21-27-11-4-5-14-29(27)25-31)43-42(46-44)35-17-8-9-20-39(35)48-43/h1-26H. The van der Waals surface area contributed by atoms with Gasteiger partial charge in [0.25, 0.3) is 0 Å². The van der Waals surface area contributed by atoms with Crippen LogP contribution in [0.5, 0.6) is 0 Å². The molecule has 3 nitrogen and oxygen atoms in total. The molecule has 0 unspecified atom stereocenters. The molecule has 10 rings (SSSR count). The molecule has 0 aliphatic carbocycles. The molecular formula is C44H26N2OS. The van der Waals surface area contributed by atoms with Gasteiger partial charge in [0, 0.05) is 32.0 Å². The quantitative estimate of drug-likeness (QED) is 0.194. The highest BCUT2D eigenvalue weighted by atomic mass is 32.1. The van der Waals surface area contributed by atoms with Gasteiger partial charge in [0.2, 0.25) is 0 Å². The second kappa shape index (κ2) is 10.7. The number of thiophene rings is 1. The minimum absolute atomic E-state index is 0.695. The molecule has 0 spiro atoms. The van der Waals surface area contributed by atoms with Gasteiger partial charge in [0.15, 0.2) is 5.82 Å². The van der Waals surface area contributed by atoms with Gasteiger partial charge in [0.05, 0.1) is 15.9 Å². The Balaban J connectivity index is 1.19. The smallest absolute Gasteiger partial charge is 0.161 e. The number of furan rings is 1. The van der Waals surface area contributed by atoms with Crippen LogP contribution in [0.3, 0.4) is 0 Å². The average molecular weight is 631 g/mol. The van der Waals surface area contributed by atoms with Crippen LogP contribution in [0.2, 0.25) is 0 Å². The van der Waals surface area contributed by atoms with Crippen molar-refractivity contribution in [3.63, 3.8) is 0 Å². The first-order valence-electron chi connectivity index (χ1n) is 16.1. The fourth-order valence-electron chi connectivity index (χ4n) is 7.03. The van der Waals surface area contributed by atoms with E-state index in [4.69, 9.17) is 14.4 Å². The highest BCUT2D eigenvalue weighted by Gasteiger charge is 2.20. The molecule has 7 aromatic carbocycles. The van der Waals surface area contributed by atoms with Crippen LogP contribution in [0.15, 0.2) is 162 Å². The zero-order valence-electron chi connectivity index (χ0n) is 25.7. The van der Waals surface area contributed by atoms with E-state index in [-0.39, 0.29) is 0 Å². The highest BCUT2D eigenvalue weighted by molar-refractivity contribution is 7.26. The Bertz CT molecular complexity index is 2850. The van der Waals surface area contributed by atoms with E-state index in [9.17, 15) is 0 Å². The van der Waals surface area contributed by atoms with E-state index in [0.29, 0.717) is 5.82 Å². The van der Waals surface area contributed by atoms with Crippen molar-refractivity contribution in [2.45, 2.75) is 0 Å². The Morgan fingerprint density at radius 3 is 2.08 bits per heavy atom. The molecule has 0 saturated heterocycles. The summed E-state index contributed by atoms with van der Waals surface area (Å²) in [5, 5.41) is 5.63. The maximum atomic E-state index is 6.57. The van der Waals surface area contributed by atoms with Crippen molar-refractivity contribution in [2.75, 3.05) is 0 Å². The summed E-state index contributed by atoms with van der Waals surface area (Å²) >= 11 is 1.76. The van der Waals surface area contributed by atoms with Gasteiger partial charge in [-0.2, -0.15) is 0 Å². The zero-order chi connectivity index (χ0) is 31.6. The molecule has 224 valence electrons. The van der Waals surface area contributed by atoms with Crippen molar-refractivity contribution in [3.8, 4) is 44.9 Å². The van der Waals surface area contributed by atoms with Crippen LogP contribution in [-0.2, 0) is 0 Å². The first-order valence-corrected chi connectivity index (χ1v) is 16.9. The summed E-state index contributed by atoms with van der Waals surface area (Å²) < 4.78 is 8.88. The van der Waals surface area contributed by atoms with Crippen LogP contribution in [-0.4, -0.2) is 9.97 Å². The number of hydrogen-bond acceptors (Lipinski definition) is 4. The first-order chi connectivity index (χ1) is 23.8. The summed E-state index contributed by atoms with van der Waals surface area (Å²) in [6, 6.07) is 55.4. The van der Waals surface area contributed by atoms with Crippen LogP contribution in [0, 0.1) is 0 Å². The molecule has 0 aliphatic heterocycles. The van der Waals surface area contributed by atoms with Crippen molar-refractivity contribution in [2.24, 2.45) is 0 Å². The van der Waals surface area contributed by atoms with Crippen molar-refractivity contribution in [3.05, 3.63) is 158 Å². The second-order valence-corrected chi connectivity index (χ2v) is 13.2. The van der Waals surface area contributed by atoms with Crippen LogP contribution in [0.25, 0.3) is 97.9 Å². The van der Waals surface area contributed by atoms with E-state index >= 15 is 0 Å². The minimum Gasteiger partial charge on any atom is -0.456 e. The predicted molar refractivity (Wildman–Crippen MR) is 201 cm³/mol. The van der Waals surface area contributed by atoms with Gasteiger partial charge in [-0.3, -0.25) is 0 Å². The van der Waals surface area contributed by atoms with E-state index in [2.05, 4.69) is 146 Å². The number of nitrogens with zero attached hydrogens (tertiary/aromatic N) is 2. The van der Waals surface area contributed by atoms with Crippen LogP contribution < -0.4 is 0 Å². The fourth-order valence-corrected chi connectivity index (χ4v) is 8.18. The van der Waals surface area contributed by atoms with Gasteiger partial charge in [-0.05, 0) is 63.4 Å². The van der Waals surface area contributed by atoms with Crippen LogP contribution >= 0.6 is 11.3 Å². The molecule has 4 heteroatoms. The monoisotopic (exact) mass is 630 g/mol. The normalized spacial score (nSPS) is 11.8. The summed E-state index contributed by atoms with van der Waals surface area (Å²) in [5.41, 5.74) is 10.3. The lowest BCUT2D eigenvalue weighted by atomic mass is 9.94. The second-order valence-electron chi connectivity index (χ2n) is 12.1. The summed E-state index contributed by atoms with van der Waals surface area (Å²) in [4.78, 5) is 10.6. The molecule has 0 fully saturated rings. The number of fused-ring (bicyclic) bond motifs is 7. The van der Waals surface area contributed by atoms with E-state index in [1.54, 1.807) is 11.3 Å². The number of rotatable bonds is 4. The molecule has 0 radical (unpaired) electrons. The van der Waals surface area contributed by atoms with E-state index in [0.717, 1.165) is 59.9 Å². The Morgan fingerprint density at radius 2 is 1.19 bits per heavy atom. The molecule has 0 bridgehead atoms. The molecule has 0 amide bonds. The lowest BCUT2D eigenvalue weighted by Gasteiger charge is -2.10. The van der Waals surface area contributed by atoms with Crippen molar-refractivity contribution >= 4 is 64.4 Å². The summed E-state index contributed by atoms with van der Waals surface area (Å²) in [6.45, 7) is 0. The first kappa shape index (κ1) is 27.1. The molecule has 10 aromatic rings. The minimum atomic E-state index is 0.695. The summed E-state index contributed by atoms with van der Waals surface area (Å²) in [6.07, 6.45) is 0. The third kappa shape index (κ3) is 4.27. The largest absolute Gasteiger partial charge is 0.456 e. The fraction of sp³-hybridized carbons (Fsp3) is 0. The average Bonchev–Trinajstić information content (AvgIpc) is 3.73. The van der Waals surface area contributed by atoms with Crippen LogP contribution in [0.1, 0.15) is 0 Å². The summed E-state index contributed by atoms with van der Waals surface area (Å²) in [5.74, 6) is 0.695. The summed E-state index contributed by atoms with van der Waals surface area (Å²) in [7, 11) is 0. The molecule has 3 aromatic heterocycles. The Hall–Kier alpha value is -6.10. The van der Waals surface area contributed by atoms with Crippen molar-refractivity contribution in [1.82, 2.24) is 9.97 Å². The lowest BCUT2D eigenvalue weighted by Crippen LogP contribution is -1.94. The van der Waals surface area contributed by atoms with Gasteiger partial charge in [-0.1, -0.05) is 127 Å². The van der Waals surface area contributed by atoms with Gasteiger partial charge in [-0.25, -0.2) is 9.97 Å². The van der Waals surface area contributed by atoms with Gasteiger partial charge < -0.3 is 4.42 Å². The van der Waals surface area contributed by atoms with Gasteiger partial charge in [-0.15, -0.1) is 11.3 Å². The SMILES string of the molecule is c1ccc(-c2ccccc2-c2ccc3c(c2)oc2cccc(-c4nc(-c5ccc6ccccc6c5)c5sc6ccccc6c5n4)c23)cc1. The topological polar surface area (TPSA) is 38.9 Å². The zero-order valence-corrected chi connectivity index (χ0v) is 26.5. The van der Waals surface area contributed by atoms with Crippen molar-refractivity contribution < 1.29 is 4.42 Å². The molecule has 48 heavy (non-hydrogen) atoms. The number of aromatic nitrogens is 2. The van der Waals surface area contributed by atoms with Crippen molar-refractivity contribution in [1.29, 1.82) is 0 Å². The van der Waals surface area contributed by atoms with E-state index in [1.165, 1.54) is 32.2 Å².